The Morgan fingerprint density at radius 3 is 1.95 bits per heavy atom. The van der Waals surface area contributed by atoms with Crippen molar-refractivity contribution in [3.63, 3.8) is 0 Å². The number of hydrogen-bond acceptors (Lipinski definition) is 5. The second kappa shape index (κ2) is 7.31. The van der Waals surface area contributed by atoms with E-state index in [1.54, 1.807) is 12.1 Å². The molecule has 0 bridgehead atoms. The summed E-state index contributed by atoms with van der Waals surface area (Å²) in [6, 6.07) is 13.6. The van der Waals surface area contributed by atoms with Gasteiger partial charge in [-0.2, -0.15) is 10.2 Å². The van der Waals surface area contributed by atoms with E-state index >= 15 is 0 Å². The van der Waals surface area contributed by atoms with Crippen molar-refractivity contribution in [2.24, 2.45) is 10.2 Å². The largest absolute Gasteiger partial charge is 0.372 e. The Balaban J connectivity index is 2.08. The highest BCUT2D eigenvalue weighted by atomic mass is 16.6. The topological polar surface area (TPSA) is 71.1 Å². The lowest BCUT2D eigenvalue weighted by molar-refractivity contribution is -0.384. The molecule has 6 nitrogen and oxygen atoms in total. The van der Waals surface area contributed by atoms with Gasteiger partial charge >= 0.3 is 0 Å². The molecule has 2 aromatic carbocycles. The highest BCUT2D eigenvalue weighted by molar-refractivity contribution is 5.53. The van der Waals surface area contributed by atoms with Gasteiger partial charge in [0.2, 0.25) is 0 Å². The zero-order chi connectivity index (χ0) is 15.9. The summed E-state index contributed by atoms with van der Waals surface area (Å²) in [7, 11) is 0. The maximum atomic E-state index is 10.6. The van der Waals surface area contributed by atoms with Crippen LogP contribution in [0.3, 0.4) is 0 Å². The molecule has 0 spiro atoms. The third-order valence-electron chi connectivity index (χ3n) is 3.21. The third kappa shape index (κ3) is 3.88. The number of rotatable bonds is 6. The van der Waals surface area contributed by atoms with Crippen LogP contribution in [0.25, 0.3) is 0 Å². The van der Waals surface area contributed by atoms with Crippen LogP contribution >= 0.6 is 0 Å². The van der Waals surface area contributed by atoms with E-state index in [1.807, 2.05) is 24.3 Å². The Morgan fingerprint density at radius 1 is 1.05 bits per heavy atom. The van der Waals surface area contributed by atoms with E-state index in [0.717, 1.165) is 17.9 Å². The van der Waals surface area contributed by atoms with Crippen LogP contribution in [0.15, 0.2) is 58.8 Å². The number of nitro benzene ring substituents is 1. The summed E-state index contributed by atoms with van der Waals surface area (Å²) in [5, 5.41) is 18.8. The zero-order valence-electron chi connectivity index (χ0n) is 12.3. The fraction of sp³-hybridized carbons (Fsp3) is 0.188. The first kappa shape index (κ1) is 15.6. The van der Waals surface area contributed by atoms with Gasteiger partial charge in [0.05, 0.1) is 16.3 Å². The van der Waals surface area contributed by atoms with E-state index in [1.165, 1.54) is 12.1 Å². The lowest BCUT2D eigenvalue weighted by Crippen LogP contribution is -2.21. The maximum absolute atomic E-state index is 10.6. The zero-order valence-corrected chi connectivity index (χ0v) is 12.3. The predicted molar refractivity (Wildman–Crippen MR) is 87.0 cm³/mol. The lowest BCUT2D eigenvalue weighted by atomic mass is 10.2. The smallest absolute Gasteiger partial charge is 0.269 e. The predicted octanol–water partition coefficient (Wildman–Crippen LogP) is 4.67. The van der Waals surface area contributed by atoms with Crippen LogP contribution in [0.5, 0.6) is 0 Å². The van der Waals surface area contributed by atoms with Gasteiger partial charge in [-0.05, 0) is 50.2 Å². The van der Waals surface area contributed by atoms with Gasteiger partial charge in [0.15, 0.2) is 0 Å². The number of benzene rings is 2. The van der Waals surface area contributed by atoms with Crippen LogP contribution in [-0.2, 0) is 0 Å². The third-order valence-corrected chi connectivity index (χ3v) is 3.21. The summed E-state index contributed by atoms with van der Waals surface area (Å²) in [5.74, 6) is 0. The van der Waals surface area contributed by atoms with Gasteiger partial charge in [-0.1, -0.05) is 0 Å². The number of nitrogens with zero attached hydrogens (tertiary/aromatic N) is 4. The number of azo groups is 1. The van der Waals surface area contributed by atoms with E-state index in [0.29, 0.717) is 12.2 Å². The van der Waals surface area contributed by atoms with E-state index < -0.39 is 4.92 Å². The molecule has 0 saturated carbocycles. The number of hydrogen-bond donors (Lipinski definition) is 0. The minimum absolute atomic E-state index is 0.0381. The van der Waals surface area contributed by atoms with Crippen molar-refractivity contribution in [1.29, 1.82) is 0 Å². The lowest BCUT2D eigenvalue weighted by Gasteiger charge is -2.20. The average Bonchev–Trinajstić information content (AvgIpc) is 2.55. The summed E-state index contributed by atoms with van der Waals surface area (Å²) in [6.45, 7) is 7.57. The van der Waals surface area contributed by atoms with Crippen LogP contribution in [0.4, 0.5) is 22.7 Å². The second-order valence-electron chi connectivity index (χ2n) is 4.57. The van der Waals surface area contributed by atoms with E-state index in [4.69, 9.17) is 0 Å². The van der Waals surface area contributed by atoms with Crippen LogP contribution in [0.2, 0.25) is 0 Å². The van der Waals surface area contributed by atoms with Gasteiger partial charge in [0.25, 0.3) is 5.69 Å². The number of nitro groups is 1. The van der Waals surface area contributed by atoms with Gasteiger partial charge in [-0.3, -0.25) is 10.1 Å². The Hall–Kier alpha value is -2.76. The summed E-state index contributed by atoms with van der Waals surface area (Å²) in [6.07, 6.45) is 0. The molecular weight excluding hydrogens is 280 g/mol. The first-order valence-corrected chi connectivity index (χ1v) is 6.94. The van der Waals surface area contributed by atoms with Gasteiger partial charge in [0, 0.05) is 30.9 Å². The molecule has 0 atom stereocenters. The van der Waals surface area contributed by atoms with Crippen LogP contribution in [0.1, 0.15) is 6.92 Å². The standard InChI is InChI=1S/C16H17N4O2/c1-3-19(4-2)15-9-5-13(6-10-15)17-18-14-7-11-16(12-8-14)20(21)22/h5-12H,1,3-4H2,2H3/b18-17+. The molecule has 0 N–H and O–H groups in total. The molecule has 0 aliphatic rings. The summed E-state index contributed by atoms with van der Waals surface area (Å²) >= 11 is 0. The summed E-state index contributed by atoms with van der Waals surface area (Å²) in [5.41, 5.74) is 2.42. The molecule has 0 aromatic heterocycles. The highest BCUT2D eigenvalue weighted by Crippen LogP contribution is 2.23. The first-order valence-electron chi connectivity index (χ1n) is 6.94. The maximum Gasteiger partial charge on any atom is 0.269 e. The highest BCUT2D eigenvalue weighted by Gasteiger charge is 2.03. The van der Waals surface area contributed by atoms with Crippen molar-refractivity contribution in [3.8, 4) is 0 Å². The molecule has 0 fully saturated rings. The first-order chi connectivity index (χ1) is 10.6. The Morgan fingerprint density at radius 2 is 1.55 bits per heavy atom. The molecule has 113 valence electrons. The summed E-state index contributed by atoms with van der Waals surface area (Å²) < 4.78 is 0. The fourth-order valence-corrected chi connectivity index (χ4v) is 1.96. The van der Waals surface area contributed by atoms with Gasteiger partial charge < -0.3 is 4.90 Å². The van der Waals surface area contributed by atoms with Crippen LogP contribution in [-0.4, -0.2) is 18.0 Å². The van der Waals surface area contributed by atoms with E-state index in [2.05, 4.69) is 29.0 Å². The molecule has 6 heteroatoms. The average molecular weight is 297 g/mol. The normalized spacial score (nSPS) is 10.8. The Bertz CT molecular complexity index is 647. The molecular formula is C16H17N4O2. The Kier molecular flexibility index (Phi) is 5.19. The summed E-state index contributed by atoms with van der Waals surface area (Å²) in [4.78, 5) is 12.3. The molecule has 1 radical (unpaired) electrons. The monoisotopic (exact) mass is 297 g/mol. The molecule has 2 rings (SSSR count). The minimum atomic E-state index is -0.443. The van der Waals surface area contributed by atoms with Crippen molar-refractivity contribution in [1.82, 2.24) is 0 Å². The van der Waals surface area contributed by atoms with Crippen molar-refractivity contribution in [2.45, 2.75) is 6.92 Å². The minimum Gasteiger partial charge on any atom is -0.372 e. The molecule has 0 amide bonds. The molecule has 22 heavy (non-hydrogen) atoms. The van der Waals surface area contributed by atoms with Crippen LogP contribution < -0.4 is 4.90 Å². The van der Waals surface area contributed by atoms with Crippen molar-refractivity contribution in [2.75, 3.05) is 18.0 Å². The van der Waals surface area contributed by atoms with Gasteiger partial charge in [0.1, 0.15) is 0 Å². The van der Waals surface area contributed by atoms with E-state index in [-0.39, 0.29) is 5.69 Å². The SMILES string of the molecule is [CH2]CN(CC)c1ccc(/N=N/c2ccc([N+](=O)[O-])cc2)cc1. The van der Waals surface area contributed by atoms with Gasteiger partial charge in [-0.15, -0.1) is 0 Å². The number of anilines is 1. The number of non-ortho nitro benzene ring substituents is 1. The molecule has 0 saturated heterocycles. The van der Waals surface area contributed by atoms with Crippen molar-refractivity contribution >= 4 is 22.7 Å². The molecule has 0 unspecified atom stereocenters. The quantitative estimate of drug-likeness (QED) is 0.442. The Labute approximate surface area is 129 Å². The molecule has 0 aliphatic carbocycles. The molecule has 0 aliphatic heterocycles. The van der Waals surface area contributed by atoms with Crippen LogP contribution in [0, 0.1) is 17.0 Å². The second-order valence-corrected chi connectivity index (χ2v) is 4.57. The van der Waals surface area contributed by atoms with E-state index in [9.17, 15) is 10.1 Å². The van der Waals surface area contributed by atoms with Crippen molar-refractivity contribution in [3.05, 3.63) is 65.6 Å². The molecule has 0 heterocycles. The molecule has 2 aromatic rings. The fourth-order valence-electron chi connectivity index (χ4n) is 1.96. The van der Waals surface area contributed by atoms with Crippen molar-refractivity contribution < 1.29 is 4.92 Å². The van der Waals surface area contributed by atoms with Gasteiger partial charge in [-0.25, -0.2) is 0 Å².